The summed E-state index contributed by atoms with van der Waals surface area (Å²) >= 11 is 1.70. The number of sulfonamides is 1. The summed E-state index contributed by atoms with van der Waals surface area (Å²) in [5.74, 6) is -0.442. The van der Waals surface area contributed by atoms with Gasteiger partial charge in [-0.15, -0.1) is 11.3 Å². The van der Waals surface area contributed by atoms with Gasteiger partial charge < -0.3 is 14.2 Å². The molecule has 0 bridgehead atoms. The van der Waals surface area contributed by atoms with E-state index in [1.807, 2.05) is 11.4 Å². The molecule has 4 heterocycles. The molecule has 4 rings (SSSR count). The fourth-order valence-electron chi connectivity index (χ4n) is 4.13. The normalized spacial score (nSPS) is 18.9. The lowest BCUT2D eigenvalue weighted by atomic mass is 9.98. The highest BCUT2D eigenvalue weighted by Gasteiger charge is 2.36. The predicted molar refractivity (Wildman–Crippen MR) is 118 cm³/mol. The predicted octanol–water partition coefficient (Wildman–Crippen LogP) is 1.71. The first-order chi connectivity index (χ1) is 15.2. The first-order valence-corrected chi connectivity index (χ1v) is 13.0. The van der Waals surface area contributed by atoms with Gasteiger partial charge in [-0.2, -0.15) is 4.31 Å². The average Bonchev–Trinajstić information content (AvgIpc) is 3.39. The SMILES string of the molecule is Cc1nc(S(=O)(=O)N2CCC(C(=O)OC(C)C(=O)N3CCc4sccc4C3)CC2)cn1C. The number of carbonyl (C=O) groups excluding carboxylic acids is 2. The van der Waals surface area contributed by atoms with Crippen LogP contribution in [0.3, 0.4) is 0 Å². The van der Waals surface area contributed by atoms with Crippen molar-refractivity contribution >= 4 is 33.2 Å². The third kappa shape index (κ3) is 4.46. The van der Waals surface area contributed by atoms with Gasteiger partial charge in [0.25, 0.3) is 15.9 Å². The van der Waals surface area contributed by atoms with E-state index in [-0.39, 0.29) is 24.0 Å². The Morgan fingerprint density at radius 2 is 1.97 bits per heavy atom. The Labute approximate surface area is 192 Å². The number of nitrogens with zero attached hydrogens (tertiary/aromatic N) is 4. The molecule has 0 spiro atoms. The summed E-state index contributed by atoms with van der Waals surface area (Å²) in [4.78, 5) is 32.6. The Hall–Kier alpha value is -2.24. The minimum absolute atomic E-state index is 0.0213. The molecule has 2 aromatic rings. The van der Waals surface area contributed by atoms with E-state index in [0.717, 1.165) is 12.0 Å². The van der Waals surface area contributed by atoms with Crippen LogP contribution < -0.4 is 0 Å². The van der Waals surface area contributed by atoms with Crippen LogP contribution >= 0.6 is 11.3 Å². The zero-order chi connectivity index (χ0) is 23.0. The minimum Gasteiger partial charge on any atom is -0.452 e. The topological polar surface area (TPSA) is 102 Å². The second-order valence-corrected chi connectivity index (χ2v) is 11.3. The molecule has 0 aliphatic carbocycles. The molecule has 32 heavy (non-hydrogen) atoms. The molecule has 1 amide bonds. The smallest absolute Gasteiger partial charge is 0.309 e. The van der Waals surface area contributed by atoms with Crippen LogP contribution in [0.15, 0.2) is 22.7 Å². The standard InChI is InChI=1S/C21H28N4O5S2/c1-14(20(26)24-8-6-18-17(12-24)7-11-31-18)30-21(27)16-4-9-25(10-5-16)32(28,29)19-13-23(3)15(2)22-19/h7,11,13-14,16H,4-6,8-10,12H2,1-3H3. The van der Waals surface area contributed by atoms with Gasteiger partial charge in [-0.1, -0.05) is 0 Å². The molecular weight excluding hydrogens is 452 g/mol. The Bertz CT molecular complexity index is 1100. The van der Waals surface area contributed by atoms with Gasteiger partial charge in [0.05, 0.1) is 5.92 Å². The summed E-state index contributed by atoms with van der Waals surface area (Å²) in [5.41, 5.74) is 1.16. The maximum Gasteiger partial charge on any atom is 0.309 e. The van der Waals surface area contributed by atoms with Crippen molar-refractivity contribution in [3.05, 3.63) is 33.9 Å². The molecule has 174 valence electrons. The van der Waals surface area contributed by atoms with Crippen molar-refractivity contribution in [1.82, 2.24) is 18.8 Å². The Balaban J connectivity index is 1.30. The van der Waals surface area contributed by atoms with Gasteiger partial charge in [-0.3, -0.25) is 9.59 Å². The van der Waals surface area contributed by atoms with Gasteiger partial charge in [0, 0.05) is 44.3 Å². The fraction of sp³-hybridized carbons (Fsp3) is 0.571. The average molecular weight is 481 g/mol. The van der Waals surface area contributed by atoms with Crippen LogP contribution in [-0.2, 0) is 44.4 Å². The molecule has 2 aromatic heterocycles. The van der Waals surface area contributed by atoms with Gasteiger partial charge in [0.2, 0.25) is 0 Å². The van der Waals surface area contributed by atoms with Crippen molar-refractivity contribution in [3.8, 4) is 0 Å². The van der Waals surface area contributed by atoms with Crippen LogP contribution in [0.5, 0.6) is 0 Å². The number of thiophene rings is 1. The van der Waals surface area contributed by atoms with Crippen LogP contribution in [0, 0.1) is 12.8 Å². The third-order valence-electron chi connectivity index (χ3n) is 6.24. The molecular formula is C21H28N4O5S2. The van der Waals surface area contributed by atoms with E-state index >= 15 is 0 Å². The number of rotatable bonds is 5. The van der Waals surface area contributed by atoms with E-state index in [9.17, 15) is 18.0 Å². The number of ether oxygens (including phenoxy) is 1. The summed E-state index contributed by atoms with van der Waals surface area (Å²) in [5, 5.41) is 2.05. The third-order valence-corrected chi connectivity index (χ3v) is 9.03. The van der Waals surface area contributed by atoms with Gasteiger partial charge in [0.15, 0.2) is 11.1 Å². The quantitative estimate of drug-likeness (QED) is 0.604. The minimum atomic E-state index is -3.69. The second kappa shape index (κ2) is 8.95. The van der Waals surface area contributed by atoms with Crippen LogP contribution in [0.4, 0.5) is 0 Å². The molecule has 0 radical (unpaired) electrons. The number of fused-ring (bicyclic) bond motifs is 1. The molecule has 0 aromatic carbocycles. The number of hydrogen-bond acceptors (Lipinski definition) is 7. The lowest BCUT2D eigenvalue weighted by Gasteiger charge is -2.31. The first kappa shape index (κ1) is 22.9. The molecule has 2 aliphatic rings. The molecule has 0 saturated carbocycles. The molecule has 1 atom stereocenters. The van der Waals surface area contributed by atoms with Gasteiger partial charge >= 0.3 is 5.97 Å². The lowest BCUT2D eigenvalue weighted by Crippen LogP contribution is -2.44. The van der Waals surface area contributed by atoms with Crippen molar-refractivity contribution in [1.29, 1.82) is 0 Å². The summed E-state index contributed by atoms with van der Waals surface area (Å²) in [6.45, 7) is 4.94. The largest absolute Gasteiger partial charge is 0.452 e. The molecule has 9 nitrogen and oxygen atoms in total. The number of carbonyl (C=O) groups is 2. The maximum absolute atomic E-state index is 12.8. The van der Waals surface area contributed by atoms with E-state index in [2.05, 4.69) is 4.98 Å². The van der Waals surface area contributed by atoms with E-state index < -0.39 is 28.0 Å². The number of piperidine rings is 1. The Morgan fingerprint density at radius 1 is 1.25 bits per heavy atom. The lowest BCUT2D eigenvalue weighted by molar-refractivity contribution is -0.163. The Morgan fingerprint density at radius 3 is 2.62 bits per heavy atom. The second-order valence-electron chi connectivity index (χ2n) is 8.37. The van der Waals surface area contributed by atoms with E-state index in [1.165, 1.54) is 15.4 Å². The van der Waals surface area contributed by atoms with Gasteiger partial charge in [-0.25, -0.2) is 13.4 Å². The summed E-state index contributed by atoms with van der Waals surface area (Å²) < 4.78 is 34.2. The van der Waals surface area contributed by atoms with Crippen molar-refractivity contribution in [2.75, 3.05) is 19.6 Å². The highest BCUT2D eigenvalue weighted by atomic mass is 32.2. The zero-order valence-electron chi connectivity index (χ0n) is 18.5. The Kier molecular flexibility index (Phi) is 6.42. The number of imidazole rings is 1. The van der Waals surface area contributed by atoms with Crippen LogP contribution in [0.1, 0.15) is 36.0 Å². The van der Waals surface area contributed by atoms with E-state index in [4.69, 9.17) is 4.74 Å². The first-order valence-electron chi connectivity index (χ1n) is 10.7. The van der Waals surface area contributed by atoms with E-state index in [0.29, 0.717) is 31.8 Å². The van der Waals surface area contributed by atoms with Crippen molar-refractivity contribution in [2.45, 2.75) is 50.8 Å². The van der Waals surface area contributed by atoms with Crippen LogP contribution in [0.2, 0.25) is 0 Å². The number of aryl methyl sites for hydroxylation is 2. The summed E-state index contributed by atoms with van der Waals surface area (Å²) in [6.07, 6.45) is 2.17. The number of amides is 1. The number of esters is 1. The molecule has 1 unspecified atom stereocenters. The van der Waals surface area contributed by atoms with Gasteiger partial charge in [-0.05, 0) is 50.1 Å². The molecule has 11 heteroatoms. The monoisotopic (exact) mass is 480 g/mol. The van der Waals surface area contributed by atoms with Crippen molar-refractivity contribution in [3.63, 3.8) is 0 Å². The number of hydrogen-bond donors (Lipinski definition) is 0. The summed E-state index contributed by atoms with van der Waals surface area (Å²) in [7, 11) is -1.95. The summed E-state index contributed by atoms with van der Waals surface area (Å²) in [6, 6.07) is 2.03. The maximum atomic E-state index is 12.8. The fourth-order valence-corrected chi connectivity index (χ4v) is 6.51. The van der Waals surface area contributed by atoms with Crippen LogP contribution in [0.25, 0.3) is 0 Å². The van der Waals surface area contributed by atoms with Crippen molar-refractivity contribution in [2.24, 2.45) is 13.0 Å². The highest BCUT2D eigenvalue weighted by Crippen LogP contribution is 2.26. The molecule has 0 N–H and O–H groups in total. The highest BCUT2D eigenvalue weighted by molar-refractivity contribution is 7.89. The number of aromatic nitrogens is 2. The van der Waals surface area contributed by atoms with Gasteiger partial charge in [0.1, 0.15) is 5.82 Å². The molecule has 2 aliphatic heterocycles. The van der Waals surface area contributed by atoms with E-state index in [1.54, 1.807) is 41.7 Å². The molecule has 1 fully saturated rings. The van der Waals surface area contributed by atoms with Crippen molar-refractivity contribution < 1.29 is 22.7 Å². The molecule has 1 saturated heterocycles. The zero-order valence-corrected chi connectivity index (χ0v) is 20.1. The van der Waals surface area contributed by atoms with Crippen LogP contribution in [-0.4, -0.2) is 64.8 Å².